The molecule has 2 atom stereocenters. The Morgan fingerprint density at radius 1 is 1.12 bits per heavy atom. The molecule has 8 heteroatoms. The number of carbonyl (C=O) groups is 1. The number of aliphatic hydroxyl groups excluding tert-OH is 2. The van der Waals surface area contributed by atoms with Gasteiger partial charge in [-0.15, -0.1) is 0 Å². The number of rotatable bonds is 11. The molecule has 34 heavy (non-hydrogen) atoms. The van der Waals surface area contributed by atoms with Gasteiger partial charge in [-0.2, -0.15) is 0 Å². The van der Waals surface area contributed by atoms with Gasteiger partial charge in [0.1, 0.15) is 5.82 Å². The summed E-state index contributed by atoms with van der Waals surface area (Å²) in [6, 6.07) is 6.20. The number of pyridine rings is 1. The molecule has 2 rings (SSSR count). The molecule has 6 nitrogen and oxygen atoms in total. The second-order valence-electron chi connectivity index (χ2n) is 8.79. The van der Waals surface area contributed by atoms with Crippen LogP contribution in [0.4, 0.5) is 4.39 Å². The molecular formula is C26H33FNNaO5. The minimum absolute atomic E-state index is 0. The largest absolute Gasteiger partial charge is 1.00 e. The van der Waals surface area contributed by atoms with Gasteiger partial charge in [-0.1, -0.05) is 52.0 Å². The number of hydrogen-bond donors (Lipinski definition) is 2. The molecule has 0 saturated carbocycles. The van der Waals surface area contributed by atoms with E-state index in [1.807, 2.05) is 13.8 Å². The summed E-state index contributed by atoms with van der Waals surface area (Å²) >= 11 is 0. The zero-order chi connectivity index (χ0) is 24.7. The molecule has 1 aromatic heterocycles. The van der Waals surface area contributed by atoms with Gasteiger partial charge in [0, 0.05) is 42.7 Å². The number of aromatic nitrogens is 1. The number of benzene rings is 1. The molecule has 2 aromatic rings. The van der Waals surface area contributed by atoms with E-state index in [0.717, 1.165) is 33.6 Å². The van der Waals surface area contributed by atoms with Crippen LogP contribution >= 0.6 is 0 Å². The molecule has 0 aliphatic rings. The van der Waals surface area contributed by atoms with Gasteiger partial charge in [-0.05, 0) is 35.1 Å². The Labute approximate surface area is 223 Å². The van der Waals surface area contributed by atoms with Crippen molar-refractivity contribution in [2.24, 2.45) is 0 Å². The summed E-state index contributed by atoms with van der Waals surface area (Å²) in [6.07, 6.45) is 0.264. The van der Waals surface area contributed by atoms with Gasteiger partial charge in [0.2, 0.25) is 0 Å². The first-order chi connectivity index (χ1) is 15.5. The first-order valence-electron chi connectivity index (χ1n) is 11.1. The Morgan fingerprint density at radius 3 is 2.21 bits per heavy atom. The molecule has 2 unspecified atom stereocenters. The summed E-state index contributed by atoms with van der Waals surface area (Å²) in [7, 11) is 1.60. The SMILES string of the molecule is COCc1c(C(C)C)nc(C(C)C)c(C=CC(O)CC(O)CC(=O)[O-])c1-c1ccc(F)cc1.[Na+]. The van der Waals surface area contributed by atoms with Crippen LogP contribution in [0.2, 0.25) is 0 Å². The van der Waals surface area contributed by atoms with Crippen LogP contribution in [-0.4, -0.2) is 40.5 Å². The summed E-state index contributed by atoms with van der Waals surface area (Å²) in [4.78, 5) is 15.6. The van der Waals surface area contributed by atoms with Gasteiger partial charge < -0.3 is 24.9 Å². The van der Waals surface area contributed by atoms with E-state index < -0.39 is 24.6 Å². The molecule has 0 saturated heterocycles. The van der Waals surface area contributed by atoms with Crippen molar-refractivity contribution in [3.63, 3.8) is 0 Å². The van der Waals surface area contributed by atoms with Gasteiger partial charge in [0.05, 0.1) is 24.5 Å². The Morgan fingerprint density at radius 2 is 1.71 bits per heavy atom. The van der Waals surface area contributed by atoms with Gasteiger partial charge >= 0.3 is 29.6 Å². The van der Waals surface area contributed by atoms with Crippen LogP contribution < -0.4 is 34.7 Å². The zero-order valence-electron chi connectivity index (χ0n) is 20.8. The number of methoxy groups -OCH3 is 1. The average Bonchev–Trinajstić information content (AvgIpc) is 2.72. The predicted molar refractivity (Wildman–Crippen MR) is 124 cm³/mol. The van der Waals surface area contributed by atoms with E-state index in [-0.39, 0.29) is 53.6 Å². The van der Waals surface area contributed by atoms with Crippen molar-refractivity contribution in [1.29, 1.82) is 0 Å². The number of aliphatic carboxylic acids is 1. The molecule has 180 valence electrons. The Bertz CT molecular complexity index is 976. The Kier molecular flexibility index (Phi) is 12.6. The topological polar surface area (TPSA) is 103 Å². The fourth-order valence-electron chi connectivity index (χ4n) is 3.84. The fourth-order valence-corrected chi connectivity index (χ4v) is 3.84. The molecule has 0 radical (unpaired) electrons. The summed E-state index contributed by atoms with van der Waals surface area (Å²) < 4.78 is 19.2. The third-order valence-corrected chi connectivity index (χ3v) is 5.31. The minimum Gasteiger partial charge on any atom is -0.550 e. The molecule has 1 heterocycles. The first kappa shape index (κ1) is 30.4. The van der Waals surface area contributed by atoms with Gasteiger partial charge in [0.15, 0.2) is 0 Å². The van der Waals surface area contributed by atoms with E-state index in [0.29, 0.717) is 6.61 Å². The van der Waals surface area contributed by atoms with E-state index in [1.54, 1.807) is 25.3 Å². The van der Waals surface area contributed by atoms with Crippen molar-refractivity contribution >= 4 is 12.0 Å². The third kappa shape index (κ3) is 8.26. The van der Waals surface area contributed by atoms with Gasteiger partial charge in [0.25, 0.3) is 0 Å². The molecular weight excluding hydrogens is 448 g/mol. The van der Waals surface area contributed by atoms with E-state index in [4.69, 9.17) is 9.72 Å². The maximum atomic E-state index is 13.7. The predicted octanol–water partition coefficient (Wildman–Crippen LogP) is 0.550. The van der Waals surface area contributed by atoms with Crippen molar-refractivity contribution in [2.75, 3.05) is 7.11 Å². The van der Waals surface area contributed by atoms with Crippen molar-refractivity contribution < 1.29 is 58.8 Å². The fraction of sp³-hybridized carbons (Fsp3) is 0.462. The van der Waals surface area contributed by atoms with Crippen LogP contribution in [-0.2, 0) is 16.1 Å². The van der Waals surface area contributed by atoms with Crippen LogP contribution in [0.15, 0.2) is 30.3 Å². The smallest absolute Gasteiger partial charge is 0.550 e. The molecule has 1 aromatic carbocycles. The second-order valence-corrected chi connectivity index (χ2v) is 8.79. The van der Waals surface area contributed by atoms with Crippen LogP contribution in [0, 0.1) is 5.82 Å². The van der Waals surface area contributed by atoms with Gasteiger partial charge in [-0.25, -0.2) is 4.39 Å². The molecule has 0 amide bonds. The molecule has 2 N–H and O–H groups in total. The molecule has 0 spiro atoms. The summed E-state index contributed by atoms with van der Waals surface area (Å²) in [5, 5.41) is 30.9. The van der Waals surface area contributed by atoms with Crippen LogP contribution in [0.3, 0.4) is 0 Å². The number of halogens is 1. The maximum absolute atomic E-state index is 13.7. The number of ether oxygens (including phenoxy) is 1. The van der Waals surface area contributed by atoms with Crippen molar-refractivity contribution in [2.45, 2.75) is 71.2 Å². The standard InChI is InChI=1S/C26H34FNO5.Na/c1-15(2)25-21(11-10-19(29)12-20(30)13-23(31)32)24(17-6-8-18(27)9-7-17)22(14-33-5)26(28-25)16(3)4;/h6-11,15-16,19-20,29-30H,12-14H2,1-5H3,(H,31,32);/q;+1/p-1. The number of carboxylic acids is 1. The van der Waals surface area contributed by atoms with Crippen LogP contribution in [0.5, 0.6) is 0 Å². The summed E-state index contributed by atoms with van der Waals surface area (Å²) in [5.74, 6) is -1.55. The molecule has 0 fully saturated rings. The van der Waals surface area contributed by atoms with E-state index >= 15 is 0 Å². The monoisotopic (exact) mass is 481 g/mol. The van der Waals surface area contributed by atoms with E-state index in [1.165, 1.54) is 18.2 Å². The molecule has 0 aliphatic heterocycles. The Balaban J connectivity index is 0.00000578. The second kappa shape index (κ2) is 14.1. The quantitative estimate of drug-likeness (QED) is 0.455. The van der Waals surface area contributed by atoms with Crippen molar-refractivity contribution in [3.8, 4) is 11.1 Å². The third-order valence-electron chi connectivity index (χ3n) is 5.31. The van der Waals surface area contributed by atoms with Crippen molar-refractivity contribution in [1.82, 2.24) is 4.98 Å². The van der Waals surface area contributed by atoms with Crippen LogP contribution in [0.25, 0.3) is 17.2 Å². The normalized spacial score (nSPS) is 13.4. The number of aliphatic hydroxyl groups is 2. The van der Waals surface area contributed by atoms with E-state index in [9.17, 15) is 24.5 Å². The summed E-state index contributed by atoms with van der Waals surface area (Å²) in [6.45, 7) is 8.46. The zero-order valence-corrected chi connectivity index (χ0v) is 22.8. The summed E-state index contributed by atoms with van der Waals surface area (Å²) in [5.41, 5.74) is 4.99. The molecule has 0 bridgehead atoms. The van der Waals surface area contributed by atoms with Crippen LogP contribution in [0.1, 0.15) is 74.9 Å². The average molecular weight is 482 g/mol. The maximum Gasteiger partial charge on any atom is 1.00 e. The number of carboxylic acid groups (broad SMARTS) is 1. The number of carbonyl (C=O) groups excluding carboxylic acids is 1. The van der Waals surface area contributed by atoms with Gasteiger partial charge in [-0.3, -0.25) is 4.98 Å². The first-order valence-corrected chi connectivity index (χ1v) is 11.1. The molecule has 0 aliphatic carbocycles. The number of hydrogen-bond acceptors (Lipinski definition) is 6. The number of nitrogens with zero attached hydrogens (tertiary/aromatic N) is 1. The van der Waals surface area contributed by atoms with Crippen molar-refractivity contribution in [3.05, 3.63) is 58.7 Å². The minimum atomic E-state index is -1.38. The van der Waals surface area contributed by atoms with E-state index in [2.05, 4.69) is 13.8 Å². The Hall–Kier alpha value is -1.61.